The topological polar surface area (TPSA) is 61.4 Å². The predicted molar refractivity (Wildman–Crippen MR) is 83.3 cm³/mol. The van der Waals surface area contributed by atoms with Gasteiger partial charge in [-0.05, 0) is 58.5 Å². The lowest BCUT2D eigenvalue weighted by Crippen LogP contribution is -2.39. The van der Waals surface area contributed by atoms with Crippen molar-refractivity contribution in [2.24, 2.45) is 0 Å². The molecule has 0 saturated heterocycles. The molecule has 2 unspecified atom stereocenters. The van der Waals surface area contributed by atoms with E-state index in [0.717, 1.165) is 29.5 Å². The molecule has 1 aliphatic carbocycles. The zero-order valence-corrected chi connectivity index (χ0v) is 12.7. The van der Waals surface area contributed by atoms with E-state index in [0.29, 0.717) is 0 Å². The van der Waals surface area contributed by atoms with Crippen molar-refractivity contribution in [2.75, 3.05) is 6.54 Å². The third kappa shape index (κ3) is 3.28. The summed E-state index contributed by atoms with van der Waals surface area (Å²) < 4.78 is 13.3. The molecule has 0 aliphatic heterocycles. The molecule has 0 saturated carbocycles. The maximum atomic E-state index is 13.3. The molecule has 3 N–H and O–H groups in total. The molecule has 1 aromatic heterocycles. The smallest absolute Gasteiger partial charge is 0.315 e. The van der Waals surface area contributed by atoms with Crippen LogP contribution >= 0.6 is 11.3 Å². The number of aliphatic hydroxyl groups is 1. The molecule has 1 aliphatic rings. The lowest BCUT2D eigenvalue weighted by molar-refractivity contribution is 0.173. The predicted octanol–water partition coefficient (Wildman–Crippen LogP) is 2.91. The van der Waals surface area contributed by atoms with Gasteiger partial charge in [0.05, 0.1) is 12.1 Å². The van der Waals surface area contributed by atoms with E-state index in [9.17, 15) is 14.3 Å². The van der Waals surface area contributed by atoms with Crippen molar-refractivity contribution in [2.45, 2.75) is 25.0 Å². The van der Waals surface area contributed by atoms with E-state index in [4.69, 9.17) is 0 Å². The molecule has 1 heterocycles. The van der Waals surface area contributed by atoms with Crippen molar-refractivity contribution in [3.05, 3.63) is 57.5 Å². The first-order valence-corrected chi connectivity index (χ1v) is 8.10. The third-order valence-electron chi connectivity index (χ3n) is 3.87. The van der Waals surface area contributed by atoms with Gasteiger partial charge in [0.1, 0.15) is 5.82 Å². The average Bonchev–Trinajstić information content (AvgIpc) is 3.15. The van der Waals surface area contributed by atoms with Crippen molar-refractivity contribution < 1.29 is 14.3 Å². The van der Waals surface area contributed by atoms with Gasteiger partial charge in [0, 0.05) is 6.54 Å². The van der Waals surface area contributed by atoms with Crippen LogP contribution in [0, 0.1) is 5.82 Å². The summed E-state index contributed by atoms with van der Waals surface area (Å²) in [5.74, 6) is -0.291. The Kier molecular flexibility index (Phi) is 4.40. The highest BCUT2D eigenvalue weighted by Gasteiger charge is 2.24. The Morgan fingerprint density at radius 3 is 3.09 bits per heavy atom. The number of amides is 2. The molecule has 1 aromatic carbocycles. The van der Waals surface area contributed by atoms with Crippen LogP contribution in [-0.2, 0) is 6.42 Å². The molecule has 0 bridgehead atoms. The van der Waals surface area contributed by atoms with Gasteiger partial charge in [-0.1, -0.05) is 6.07 Å². The fraction of sp³-hybridized carbons (Fsp3) is 0.312. The molecule has 2 amide bonds. The van der Waals surface area contributed by atoms with Crippen LogP contribution < -0.4 is 10.6 Å². The second kappa shape index (κ2) is 6.46. The van der Waals surface area contributed by atoms with Crippen LogP contribution in [-0.4, -0.2) is 17.7 Å². The van der Waals surface area contributed by atoms with Gasteiger partial charge in [0.2, 0.25) is 0 Å². The zero-order valence-electron chi connectivity index (χ0n) is 11.9. The fourth-order valence-electron chi connectivity index (χ4n) is 2.70. The van der Waals surface area contributed by atoms with Gasteiger partial charge in [-0.2, -0.15) is 11.3 Å². The summed E-state index contributed by atoms with van der Waals surface area (Å²) in [6.45, 7) is 0.144. The highest BCUT2D eigenvalue weighted by molar-refractivity contribution is 7.07. The first-order valence-electron chi connectivity index (χ1n) is 7.16. The minimum absolute atomic E-state index is 0.144. The van der Waals surface area contributed by atoms with E-state index in [1.165, 1.54) is 23.5 Å². The third-order valence-corrected chi connectivity index (χ3v) is 4.58. The van der Waals surface area contributed by atoms with Crippen molar-refractivity contribution in [1.82, 2.24) is 10.6 Å². The Hall–Kier alpha value is -1.92. The lowest BCUT2D eigenvalue weighted by atomic mass is 10.1. The molecule has 3 rings (SSSR count). The van der Waals surface area contributed by atoms with Gasteiger partial charge in [-0.25, -0.2) is 9.18 Å². The van der Waals surface area contributed by atoms with E-state index < -0.39 is 6.10 Å². The largest absolute Gasteiger partial charge is 0.387 e. The number of halogens is 1. The first-order chi connectivity index (χ1) is 10.6. The van der Waals surface area contributed by atoms with Crippen LogP contribution in [0.5, 0.6) is 0 Å². The molecule has 6 heteroatoms. The number of nitrogens with one attached hydrogen (secondary N) is 2. The van der Waals surface area contributed by atoms with Crippen LogP contribution in [0.1, 0.15) is 35.3 Å². The van der Waals surface area contributed by atoms with Crippen LogP contribution in [0.3, 0.4) is 0 Å². The highest BCUT2D eigenvalue weighted by Crippen LogP contribution is 2.31. The summed E-state index contributed by atoms with van der Waals surface area (Å²) in [7, 11) is 0. The van der Waals surface area contributed by atoms with E-state index in [1.54, 1.807) is 6.07 Å². The number of carbonyl (C=O) groups excluding carboxylic acids is 1. The van der Waals surface area contributed by atoms with E-state index >= 15 is 0 Å². The lowest BCUT2D eigenvalue weighted by Gasteiger charge is -2.16. The van der Waals surface area contributed by atoms with Crippen molar-refractivity contribution in [1.29, 1.82) is 0 Å². The Morgan fingerprint density at radius 1 is 1.45 bits per heavy atom. The highest BCUT2D eigenvalue weighted by atomic mass is 32.1. The van der Waals surface area contributed by atoms with Gasteiger partial charge in [0.25, 0.3) is 0 Å². The molecule has 0 radical (unpaired) electrons. The number of fused-ring (bicyclic) bond motifs is 1. The minimum atomic E-state index is -0.717. The Labute approximate surface area is 132 Å². The molecular formula is C16H17FN2O2S. The van der Waals surface area contributed by atoms with Gasteiger partial charge >= 0.3 is 6.03 Å². The second-order valence-electron chi connectivity index (χ2n) is 5.36. The maximum Gasteiger partial charge on any atom is 0.315 e. The minimum Gasteiger partial charge on any atom is -0.387 e. The van der Waals surface area contributed by atoms with E-state index in [1.807, 2.05) is 16.8 Å². The number of thiophene rings is 1. The van der Waals surface area contributed by atoms with Crippen LogP contribution in [0.25, 0.3) is 0 Å². The van der Waals surface area contributed by atoms with Crippen molar-refractivity contribution in [3.63, 3.8) is 0 Å². The Morgan fingerprint density at radius 2 is 2.32 bits per heavy atom. The second-order valence-corrected chi connectivity index (χ2v) is 6.14. The van der Waals surface area contributed by atoms with Crippen LogP contribution in [0.15, 0.2) is 35.0 Å². The summed E-state index contributed by atoms with van der Waals surface area (Å²) in [6, 6.07) is 5.99. The van der Waals surface area contributed by atoms with E-state index in [-0.39, 0.29) is 24.4 Å². The number of rotatable bonds is 4. The summed E-state index contributed by atoms with van der Waals surface area (Å²) in [5, 5.41) is 19.1. The number of benzene rings is 1. The molecule has 22 heavy (non-hydrogen) atoms. The summed E-state index contributed by atoms with van der Waals surface area (Å²) in [5.41, 5.74) is 2.71. The molecular weight excluding hydrogens is 303 g/mol. The number of aryl methyl sites for hydroxylation is 1. The molecule has 2 aromatic rings. The van der Waals surface area contributed by atoms with Crippen LogP contribution in [0.2, 0.25) is 0 Å². The average molecular weight is 320 g/mol. The van der Waals surface area contributed by atoms with Gasteiger partial charge in [-0.3, -0.25) is 0 Å². The number of urea groups is 1. The summed E-state index contributed by atoms with van der Waals surface area (Å²) >= 11 is 1.50. The molecule has 4 nitrogen and oxygen atoms in total. The molecule has 0 spiro atoms. The molecule has 2 atom stereocenters. The normalized spacial score (nSPS) is 17.8. The number of aliphatic hydroxyl groups excluding tert-OH is 1. The monoisotopic (exact) mass is 320 g/mol. The van der Waals surface area contributed by atoms with Crippen LogP contribution in [0.4, 0.5) is 9.18 Å². The zero-order chi connectivity index (χ0) is 15.5. The maximum absolute atomic E-state index is 13.3. The fourth-order valence-corrected chi connectivity index (χ4v) is 3.41. The van der Waals surface area contributed by atoms with Crippen molar-refractivity contribution in [3.8, 4) is 0 Å². The van der Waals surface area contributed by atoms with Gasteiger partial charge in [-0.15, -0.1) is 0 Å². The molecule has 116 valence electrons. The standard InChI is InChI=1S/C16H17FN2O2S/c17-12-3-1-10-2-4-14(13(10)7-12)19-16(21)18-8-15(20)11-5-6-22-9-11/h1,3,5-7,9,14-15,20H,2,4,8H2,(H2,18,19,21). The molecule has 0 fully saturated rings. The van der Waals surface area contributed by atoms with Crippen molar-refractivity contribution >= 4 is 17.4 Å². The first kappa shape index (κ1) is 15.0. The quantitative estimate of drug-likeness (QED) is 0.811. The van der Waals surface area contributed by atoms with E-state index in [2.05, 4.69) is 10.6 Å². The summed E-state index contributed by atoms with van der Waals surface area (Å²) in [4.78, 5) is 11.9. The van der Waals surface area contributed by atoms with Gasteiger partial charge < -0.3 is 15.7 Å². The SMILES string of the molecule is O=C(NCC(O)c1ccsc1)NC1CCc2ccc(F)cc21. The number of hydrogen-bond donors (Lipinski definition) is 3. The number of hydrogen-bond acceptors (Lipinski definition) is 3. The Bertz CT molecular complexity index is 660. The number of carbonyl (C=O) groups is 1. The summed E-state index contributed by atoms with van der Waals surface area (Å²) in [6.07, 6.45) is 0.877. The Balaban J connectivity index is 1.54. The van der Waals surface area contributed by atoms with Gasteiger partial charge in [0.15, 0.2) is 0 Å².